The fraction of sp³-hybridized carbons (Fsp3) is 0.200. The molecule has 3 N–H and O–H groups in total. The van der Waals surface area contributed by atoms with Crippen LogP contribution in [0.5, 0.6) is 5.75 Å². The first-order chi connectivity index (χ1) is 7.90. The molecule has 0 atom stereocenters. The van der Waals surface area contributed by atoms with Gasteiger partial charge in [-0.2, -0.15) is 0 Å². The average Bonchev–Trinajstić information content (AvgIpc) is 2.14. The van der Waals surface area contributed by atoms with E-state index in [1.165, 1.54) is 6.07 Å². The second-order valence-corrected chi connectivity index (χ2v) is 4.52. The number of carbonyl (C=O) groups is 1. The number of hydrogen-bond acceptors (Lipinski definition) is 3. The van der Waals surface area contributed by atoms with Crippen LogP contribution in [0.4, 0.5) is 0 Å². The molecule has 0 radical (unpaired) electrons. The monoisotopic (exact) mass is 292 g/mol. The number of nitrogens with two attached hydrogens (primary N) is 1. The molecular formula is C10H10Cl2N2O2S. The number of amides is 1. The van der Waals surface area contributed by atoms with E-state index in [0.29, 0.717) is 15.8 Å². The summed E-state index contributed by atoms with van der Waals surface area (Å²) < 4.78 is 5.27. The van der Waals surface area contributed by atoms with Crippen LogP contribution in [-0.2, 0) is 4.79 Å². The summed E-state index contributed by atoms with van der Waals surface area (Å²) in [5, 5.41) is 2.99. The van der Waals surface area contributed by atoms with E-state index in [-0.39, 0.29) is 11.7 Å². The van der Waals surface area contributed by atoms with Gasteiger partial charge in [-0.05, 0) is 36.8 Å². The molecule has 17 heavy (non-hydrogen) atoms. The van der Waals surface area contributed by atoms with Crippen molar-refractivity contribution in [1.82, 2.24) is 5.32 Å². The van der Waals surface area contributed by atoms with Gasteiger partial charge < -0.3 is 15.8 Å². The van der Waals surface area contributed by atoms with Crippen molar-refractivity contribution in [3.63, 3.8) is 0 Å². The average molecular weight is 293 g/mol. The van der Waals surface area contributed by atoms with Gasteiger partial charge in [-0.1, -0.05) is 23.2 Å². The van der Waals surface area contributed by atoms with Gasteiger partial charge in [-0.3, -0.25) is 4.79 Å². The summed E-state index contributed by atoms with van der Waals surface area (Å²) in [6.07, 6.45) is 0. The smallest absolute Gasteiger partial charge is 0.264 e. The lowest BCUT2D eigenvalue weighted by Gasteiger charge is -2.11. The first-order valence-electron chi connectivity index (χ1n) is 4.58. The Morgan fingerprint density at radius 3 is 2.71 bits per heavy atom. The first-order valence-corrected chi connectivity index (χ1v) is 5.74. The first kappa shape index (κ1) is 14.0. The fourth-order valence-electron chi connectivity index (χ4n) is 1.18. The van der Waals surface area contributed by atoms with Crippen molar-refractivity contribution in [3.05, 3.63) is 27.7 Å². The minimum absolute atomic E-state index is 0.0995. The van der Waals surface area contributed by atoms with Crippen LogP contribution in [0.15, 0.2) is 12.1 Å². The lowest BCUT2D eigenvalue weighted by Crippen LogP contribution is -2.37. The normalized spacial score (nSPS) is 9.82. The molecule has 0 aliphatic heterocycles. The van der Waals surface area contributed by atoms with E-state index >= 15 is 0 Å². The standard InChI is InChI=1S/C10H10Cl2N2O2S/c1-5-2-6(11)3-7(12)9(5)16-4-8(15)14-10(13)17/h2-3H,4H2,1H3,(H3,13,14,15,17). The Hall–Kier alpha value is -1.04. The van der Waals surface area contributed by atoms with Gasteiger partial charge in [0.1, 0.15) is 5.75 Å². The zero-order chi connectivity index (χ0) is 13.0. The lowest BCUT2D eigenvalue weighted by molar-refractivity contribution is -0.121. The topological polar surface area (TPSA) is 64.3 Å². The van der Waals surface area contributed by atoms with E-state index in [9.17, 15) is 4.79 Å². The molecule has 4 nitrogen and oxygen atoms in total. The summed E-state index contributed by atoms with van der Waals surface area (Å²) in [5.74, 6) is -0.0305. The van der Waals surface area contributed by atoms with Crippen LogP contribution < -0.4 is 15.8 Å². The number of aryl methyl sites for hydroxylation is 1. The minimum Gasteiger partial charge on any atom is -0.482 e. The van der Waals surface area contributed by atoms with Crippen molar-refractivity contribution < 1.29 is 9.53 Å². The second-order valence-electron chi connectivity index (χ2n) is 3.23. The summed E-state index contributed by atoms with van der Waals surface area (Å²) in [6.45, 7) is 1.55. The van der Waals surface area contributed by atoms with Crippen molar-refractivity contribution in [2.45, 2.75) is 6.92 Å². The van der Waals surface area contributed by atoms with E-state index < -0.39 is 5.91 Å². The van der Waals surface area contributed by atoms with Crippen LogP contribution in [0.2, 0.25) is 10.0 Å². The molecule has 1 rings (SSSR count). The number of rotatable bonds is 3. The van der Waals surface area contributed by atoms with Gasteiger partial charge in [0.15, 0.2) is 11.7 Å². The van der Waals surface area contributed by atoms with E-state index in [1.54, 1.807) is 13.0 Å². The quantitative estimate of drug-likeness (QED) is 0.837. The number of hydrogen-bond donors (Lipinski definition) is 2. The third kappa shape index (κ3) is 4.38. The summed E-state index contributed by atoms with van der Waals surface area (Å²) in [7, 11) is 0. The van der Waals surface area contributed by atoms with Crippen molar-refractivity contribution in [1.29, 1.82) is 0 Å². The molecule has 0 unspecified atom stereocenters. The Morgan fingerprint density at radius 2 is 2.18 bits per heavy atom. The molecule has 1 amide bonds. The van der Waals surface area contributed by atoms with Crippen LogP contribution in [0.1, 0.15) is 5.56 Å². The number of benzene rings is 1. The molecule has 0 spiro atoms. The molecule has 0 fully saturated rings. The Balaban J connectivity index is 2.70. The highest BCUT2D eigenvalue weighted by Gasteiger charge is 2.10. The van der Waals surface area contributed by atoms with Gasteiger partial charge in [0, 0.05) is 5.02 Å². The molecular weight excluding hydrogens is 283 g/mol. The maximum absolute atomic E-state index is 11.2. The molecule has 0 aliphatic carbocycles. The van der Waals surface area contributed by atoms with Crippen molar-refractivity contribution in [3.8, 4) is 5.75 Å². The van der Waals surface area contributed by atoms with Crippen molar-refractivity contribution >= 4 is 46.4 Å². The fourth-order valence-corrected chi connectivity index (χ4v) is 1.95. The summed E-state index contributed by atoms with van der Waals surface area (Å²) >= 11 is 16.3. The van der Waals surface area contributed by atoms with Crippen LogP contribution in [0.25, 0.3) is 0 Å². The molecule has 1 aromatic carbocycles. The maximum atomic E-state index is 11.2. The van der Waals surface area contributed by atoms with Crippen LogP contribution in [0, 0.1) is 6.92 Å². The molecule has 1 aromatic rings. The highest BCUT2D eigenvalue weighted by atomic mass is 35.5. The predicted molar refractivity (Wildman–Crippen MR) is 71.6 cm³/mol. The van der Waals surface area contributed by atoms with Crippen LogP contribution >= 0.6 is 35.4 Å². The van der Waals surface area contributed by atoms with Gasteiger partial charge in [-0.25, -0.2) is 0 Å². The predicted octanol–water partition coefficient (Wildman–Crippen LogP) is 2.04. The van der Waals surface area contributed by atoms with E-state index in [1.807, 2.05) is 0 Å². The number of halogens is 2. The highest BCUT2D eigenvalue weighted by molar-refractivity contribution is 7.80. The van der Waals surface area contributed by atoms with Crippen molar-refractivity contribution in [2.75, 3.05) is 6.61 Å². The van der Waals surface area contributed by atoms with Crippen LogP contribution in [0.3, 0.4) is 0 Å². The Kier molecular flexibility index (Phi) is 4.99. The lowest BCUT2D eigenvalue weighted by atomic mass is 10.2. The molecule has 0 saturated heterocycles. The summed E-state index contributed by atoms with van der Waals surface area (Å²) in [4.78, 5) is 11.2. The third-order valence-electron chi connectivity index (χ3n) is 1.80. The van der Waals surface area contributed by atoms with E-state index in [2.05, 4.69) is 17.5 Å². The molecule has 0 saturated carbocycles. The second kappa shape index (κ2) is 6.05. The number of nitrogens with one attached hydrogen (secondary N) is 1. The highest BCUT2D eigenvalue weighted by Crippen LogP contribution is 2.31. The zero-order valence-electron chi connectivity index (χ0n) is 8.92. The molecule has 0 heterocycles. The number of carbonyl (C=O) groups excluding carboxylic acids is 1. The molecule has 0 aromatic heterocycles. The van der Waals surface area contributed by atoms with Crippen molar-refractivity contribution in [2.24, 2.45) is 5.73 Å². The zero-order valence-corrected chi connectivity index (χ0v) is 11.2. The molecule has 0 bridgehead atoms. The van der Waals surface area contributed by atoms with Gasteiger partial charge in [0.2, 0.25) is 0 Å². The Morgan fingerprint density at radius 1 is 1.53 bits per heavy atom. The number of thiocarbonyl (C=S) groups is 1. The maximum Gasteiger partial charge on any atom is 0.264 e. The van der Waals surface area contributed by atoms with Gasteiger partial charge in [-0.15, -0.1) is 0 Å². The molecule has 92 valence electrons. The van der Waals surface area contributed by atoms with Crippen LogP contribution in [-0.4, -0.2) is 17.6 Å². The van der Waals surface area contributed by atoms with Gasteiger partial charge in [0.05, 0.1) is 5.02 Å². The molecule has 7 heteroatoms. The summed E-state index contributed by atoms with van der Waals surface area (Å²) in [6, 6.07) is 3.23. The number of ether oxygens (including phenoxy) is 1. The molecule has 0 aliphatic rings. The largest absolute Gasteiger partial charge is 0.482 e. The van der Waals surface area contributed by atoms with E-state index in [4.69, 9.17) is 33.7 Å². The Labute approximate surface area is 114 Å². The van der Waals surface area contributed by atoms with Gasteiger partial charge in [0.25, 0.3) is 5.91 Å². The Bertz CT molecular complexity index is 443. The third-order valence-corrected chi connectivity index (χ3v) is 2.41. The summed E-state index contributed by atoms with van der Waals surface area (Å²) in [5.41, 5.74) is 5.88. The SMILES string of the molecule is Cc1cc(Cl)cc(Cl)c1OCC(=O)NC(N)=S. The van der Waals surface area contributed by atoms with Gasteiger partial charge >= 0.3 is 0 Å². The van der Waals surface area contributed by atoms with E-state index in [0.717, 1.165) is 5.56 Å². The minimum atomic E-state index is -0.442.